The van der Waals surface area contributed by atoms with Crippen LogP contribution < -0.4 is 11.0 Å². The lowest BCUT2D eigenvalue weighted by molar-refractivity contribution is 0.865. The molecule has 1 aromatic rings. The second-order valence-electron chi connectivity index (χ2n) is 2.33. The van der Waals surface area contributed by atoms with E-state index >= 15 is 0 Å². The van der Waals surface area contributed by atoms with Crippen LogP contribution in [0.15, 0.2) is 17.1 Å². The minimum Gasteiger partial charge on any atom is -0.319 e. The third-order valence-corrected chi connectivity index (χ3v) is 1.52. The van der Waals surface area contributed by atoms with Gasteiger partial charge in [0.1, 0.15) is 7.85 Å². The van der Waals surface area contributed by atoms with Gasteiger partial charge in [-0.2, -0.15) is 0 Å². The minimum absolute atomic E-state index is 0.125. The smallest absolute Gasteiger partial charge is 0.243 e. The maximum atomic E-state index is 11.0. The summed E-state index contributed by atoms with van der Waals surface area (Å²) < 4.78 is 1.46. The molecule has 0 saturated heterocycles. The molecule has 0 N–H and O–H groups in total. The number of aromatic nitrogens is 1. The summed E-state index contributed by atoms with van der Waals surface area (Å²) in [4.78, 5) is 11.0. The van der Waals surface area contributed by atoms with E-state index in [0.717, 1.165) is 5.56 Å². The normalized spacial score (nSPS) is 9.80. The molecule has 0 aliphatic carbocycles. The number of hydrogen-bond donors (Lipinski definition) is 0. The highest BCUT2D eigenvalue weighted by atomic mass is 16.1. The molecular weight excluding hydrogens is 125 g/mol. The fraction of sp³-hybridized carbons (Fsp3) is 0.286. The van der Waals surface area contributed by atoms with Crippen LogP contribution in [0.4, 0.5) is 0 Å². The van der Waals surface area contributed by atoms with Crippen LogP contribution in [0.5, 0.6) is 0 Å². The molecule has 0 bridgehead atoms. The molecule has 1 rings (SSSR count). The van der Waals surface area contributed by atoms with Crippen LogP contribution in [0.2, 0.25) is 0 Å². The van der Waals surface area contributed by atoms with Gasteiger partial charge in [-0.3, -0.25) is 4.79 Å². The molecule has 50 valence electrons. The van der Waals surface area contributed by atoms with Crippen molar-refractivity contribution in [2.24, 2.45) is 7.05 Å². The Hall–Kier alpha value is -0.985. The summed E-state index contributed by atoms with van der Waals surface area (Å²) in [5.74, 6) is 0. The molecule has 0 atom stereocenters. The average Bonchev–Trinajstić information content (AvgIpc) is 1.93. The highest BCUT2D eigenvalue weighted by Gasteiger charge is 1.96. The highest BCUT2D eigenvalue weighted by molar-refractivity contribution is 6.32. The Morgan fingerprint density at radius 2 is 2.20 bits per heavy atom. The van der Waals surface area contributed by atoms with E-state index < -0.39 is 0 Å². The van der Waals surface area contributed by atoms with Crippen molar-refractivity contribution >= 4 is 13.3 Å². The van der Waals surface area contributed by atoms with Gasteiger partial charge in [-0.05, 0) is 18.5 Å². The molecule has 0 amide bonds. The van der Waals surface area contributed by atoms with Gasteiger partial charge in [0.25, 0.3) is 0 Å². The highest BCUT2D eigenvalue weighted by Crippen LogP contribution is 1.84. The van der Waals surface area contributed by atoms with Crippen molar-refractivity contribution < 1.29 is 0 Å². The molecule has 0 saturated carbocycles. The predicted molar refractivity (Wildman–Crippen MR) is 41.8 cm³/mol. The fourth-order valence-corrected chi connectivity index (χ4v) is 0.740. The van der Waals surface area contributed by atoms with Gasteiger partial charge in [-0.15, -0.1) is 0 Å². The van der Waals surface area contributed by atoms with Gasteiger partial charge in [0, 0.05) is 13.2 Å². The van der Waals surface area contributed by atoms with Crippen molar-refractivity contribution in [3.8, 4) is 0 Å². The van der Waals surface area contributed by atoms with Gasteiger partial charge in [0.15, 0.2) is 0 Å². The van der Waals surface area contributed by atoms with Crippen molar-refractivity contribution in [2.45, 2.75) is 6.92 Å². The van der Waals surface area contributed by atoms with Crippen molar-refractivity contribution in [3.05, 3.63) is 28.2 Å². The van der Waals surface area contributed by atoms with Gasteiger partial charge in [-0.25, -0.2) is 0 Å². The summed E-state index contributed by atoms with van der Waals surface area (Å²) in [5.41, 5.74) is 1.05. The Balaban J connectivity index is 3.50. The summed E-state index contributed by atoms with van der Waals surface area (Å²) in [5, 5.41) is 0. The Labute approximate surface area is 60.9 Å². The van der Waals surface area contributed by atoms with E-state index in [2.05, 4.69) is 0 Å². The molecule has 0 spiro atoms. The van der Waals surface area contributed by atoms with Crippen LogP contribution in [0.25, 0.3) is 0 Å². The fourth-order valence-electron chi connectivity index (χ4n) is 0.740. The van der Waals surface area contributed by atoms with Crippen molar-refractivity contribution in [1.29, 1.82) is 0 Å². The van der Waals surface area contributed by atoms with E-state index in [-0.39, 0.29) is 5.56 Å². The molecule has 1 aromatic heterocycles. The topological polar surface area (TPSA) is 22.0 Å². The summed E-state index contributed by atoms with van der Waals surface area (Å²) >= 11 is 0. The number of pyridine rings is 1. The second-order valence-corrected chi connectivity index (χ2v) is 2.33. The van der Waals surface area contributed by atoms with Gasteiger partial charge < -0.3 is 4.57 Å². The molecule has 0 fully saturated rings. The van der Waals surface area contributed by atoms with Crippen molar-refractivity contribution in [3.63, 3.8) is 0 Å². The zero-order chi connectivity index (χ0) is 7.72. The van der Waals surface area contributed by atoms with E-state index in [1.807, 2.05) is 13.0 Å². The van der Waals surface area contributed by atoms with Gasteiger partial charge in [0.05, 0.1) is 0 Å². The van der Waals surface area contributed by atoms with Crippen LogP contribution in [0.3, 0.4) is 0 Å². The Bertz CT molecular complexity index is 303. The van der Waals surface area contributed by atoms with Crippen LogP contribution in [-0.4, -0.2) is 12.4 Å². The maximum Gasteiger partial charge on any atom is 0.243 e. The summed E-state index contributed by atoms with van der Waals surface area (Å²) in [6.45, 7) is 1.82. The van der Waals surface area contributed by atoms with Crippen LogP contribution in [0.1, 0.15) is 5.56 Å². The zero-order valence-corrected chi connectivity index (χ0v) is 6.09. The summed E-state index contributed by atoms with van der Waals surface area (Å²) in [7, 11) is 7.13. The Morgan fingerprint density at radius 1 is 1.60 bits per heavy atom. The SMILES string of the molecule is [B]c1c(C)ccn(C)c1=O. The van der Waals surface area contributed by atoms with Crippen LogP contribution in [0, 0.1) is 6.92 Å². The molecule has 0 aliphatic rings. The van der Waals surface area contributed by atoms with Crippen molar-refractivity contribution in [2.75, 3.05) is 0 Å². The first-order valence-corrected chi connectivity index (χ1v) is 3.04. The Kier molecular flexibility index (Phi) is 1.66. The van der Waals surface area contributed by atoms with Crippen LogP contribution >= 0.6 is 0 Å². The first kappa shape index (κ1) is 7.13. The van der Waals surface area contributed by atoms with Gasteiger partial charge >= 0.3 is 0 Å². The van der Waals surface area contributed by atoms with Crippen molar-refractivity contribution in [1.82, 2.24) is 4.57 Å². The van der Waals surface area contributed by atoms with Crippen LogP contribution in [-0.2, 0) is 7.05 Å². The predicted octanol–water partition coefficient (Wildman–Crippen LogP) is -0.512. The number of aryl methyl sites for hydroxylation is 2. The molecule has 1 heterocycles. The molecule has 2 nitrogen and oxygen atoms in total. The molecule has 0 aliphatic heterocycles. The van der Waals surface area contributed by atoms with E-state index in [4.69, 9.17) is 7.85 Å². The summed E-state index contributed by atoms with van der Waals surface area (Å²) in [6.07, 6.45) is 1.70. The second kappa shape index (κ2) is 2.33. The molecule has 3 heteroatoms. The standard InChI is InChI=1S/C7H8BNO/c1-5-3-4-9(2)7(10)6(5)8/h3-4H,1-2H3. The monoisotopic (exact) mass is 133 g/mol. The van der Waals surface area contributed by atoms with E-state index in [1.165, 1.54) is 4.57 Å². The maximum absolute atomic E-state index is 11.0. The largest absolute Gasteiger partial charge is 0.319 e. The average molecular weight is 133 g/mol. The molecule has 10 heavy (non-hydrogen) atoms. The molecule has 0 unspecified atom stereocenters. The number of nitrogens with zero attached hydrogens (tertiary/aromatic N) is 1. The van der Waals surface area contributed by atoms with Gasteiger partial charge in [-0.1, -0.05) is 5.56 Å². The zero-order valence-electron chi connectivity index (χ0n) is 6.09. The Morgan fingerprint density at radius 3 is 2.70 bits per heavy atom. The quantitative estimate of drug-likeness (QED) is 0.436. The lowest BCUT2D eigenvalue weighted by Crippen LogP contribution is -2.34. The molecular formula is C7H8BNO. The third-order valence-electron chi connectivity index (χ3n) is 1.52. The van der Waals surface area contributed by atoms with Gasteiger partial charge in [0.2, 0.25) is 5.56 Å². The molecule has 0 aromatic carbocycles. The molecule has 2 radical (unpaired) electrons. The first-order valence-electron chi connectivity index (χ1n) is 3.04. The lowest BCUT2D eigenvalue weighted by Gasteiger charge is -2.00. The van der Waals surface area contributed by atoms with E-state index in [9.17, 15) is 4.79 Å². The van der Waals surface area contributed by atoms with E-state index in [1.54, 1.807) is 13.2 Å². The number of rotatable bonds is 0. The first-order chi connectivity index (χ1) is 4.63. The van der Waals surface area contributed by atoms with E-state index in [0.29, 0.717) is 5.46 Å². The lowest BCUT2D eigenvalue weighted by atomic mass is 9.93. The minimum atomic E-state index is -0.125. The summed E-state index contributed by atoms with van der Waals surface area (Å²) in [6, 6.07) is 1.82. The third kappa shape index (κ3) is 0.990. The number of hydrogen-bond acceptors (Lipinski definition) is 1.